The van der Waals surface area contributed by atoms with Crippen molar-refractivity contribution < 1.29 is 4.74 Å². The largest absolute Gasteiger partial charge is 0.492 e. The van der Waals surface area contributed by atoms with E-state index in [1.807, 2.05) is 30.9 Å². The van der Waals surface area contributed by atoms with Crippen molar-refractivity contribution in [1.29, 1.82) is 0 Å². The van der Waals surface area contributed by atoms with Gasteiger partial charge < -0.3 is 19.9 Å². The lowest BCUT2D eigenvalue weighted by atomic mass is 10.2. The first-order chi connectivity index (χ1) is 11.9. The lowest BCUT2D eigenvalue weighted by Gasteiger charge is -2.39. The standard InChI is InChI=1S/C19H32N4OS/c1-19(2)15-23(11-13-25-19)18(20-3)21-14-16-8-6-7-9-17(16)24-12-10-22(4)5/h6-9H,10-15H2,1-5H3,(H,20,21). The highest BCUT2D eigenvalue weighted by Gasteiger charge is 2.28. The van der Waals surface area contributed by atoms with E-state index in [4.69, 9.17) is 4.74 Å². The van der Waals surface area contributed by atoms with Crippen molar-refractivity contribution in [3.05, 3.63) is 29.8 Å². The average Bonchev–Trinajstić information content (AvgIpc) is 2.55. The molecule has 1 fully saturated rings. The third kappa shape index (κ3) is 6.44. The summed E-state index contributed by atoms with van der Waals surface area (Å²) in [6.07, 6.45) is 0. The van der Waals surface area contributed by atoms with E-state index >= 15 is 0 Å². The number of nitrogens with one attached hydrogen (secondary N) is 1. The van der Waals surface area contributed by atoms with E-state index in [9.17, 15) is 0 Å². The van der Waals surface area contributed by atoms with Crippen LogP contribution in [0.3, 0.4) is 0 Å². The van der Waals surface area contributed by atoms with Gasteiger partial charge in [-0.25, -0.2) is 0 Å². The number of guanidine groups is 1. The number of thioether (sulfide) groups is 1. The maximum atomic E-state index is 5.95. The Bertz CT molecular complexity index is 574. The fraction of sp³-hybridized carbons (Fsp3) is 0.632. The predicted molar refractivity (Wildman–Crippen MR) is 109 cm³/mol. The van der Waals surface area contributed by atoms with Crippen molar-refractivity contribution in [2.75, 3.05) is 53.1 Å². The lowest BCUT2D eigenvalue weighted by Crippen LogP contribution is -2.50. The first-order valence-corrected chi connectivity index (χ1v) is 9.85. The van der Waals surface area contributed by atoms with Gasteiger partial charge in [0.1, 0.15) is 12.4 Å². The van der Waals surface area contributed by atoms with Crippen LogP contribution in [-0.2, 0) is 6.54 Å². The minimum absolute atomic E-state index is 0.267. The minimum Gasteiger partial charge on any atom is -0.492 e. The van der Waals surface area contributed by atoms with E-state index in [0.29, 0.717) is 6.61 Å². The number of hydrogen-bond acceptors (Lipinski definition) is 4. The van der Waals surface area contributed by atoms with Crippen molar-refractivity contribution in [3.8, 4) is 5.75 Å². The summed E-state index contributed by atoms with van der Waals surface area (Å²) >= 11 is 2.03. The highest BCUT2D eigenvalue weighted by Crippen LogP contribution is 2.29. The molecule has 1 aromatic rings. The highest BCUT2D eigenvalue weighted by atomic mass is 32.2. The molecule has 0 amide bonds. The van der Waals surface area contributed by atoms with Gasteiger partial charge in [0.15, 0.2) is 5.96 Å². The molecule has 1 aromatic carbocycles. The third-order valence-electron chi connectivity index (χ3n) is 4.14. The van der Waals surface area contributed by atoms with Gasteiger partial charge in [-0.05, 0) is 34.0 Å². The van der Waals surface area contributed by atoms with Crippen molar-refractivity contribution in [2.45, 2.75) is 25.1 Å². The second kappa shape index (κ2) is 9.34. The summed E-state index contributed by atoms with van der Waals surface area (Å²) in [7, 11) is 5.97. The molecule has 6 heteroatoms. The fourth-order valence-electron chi connectivity index (χ4n) is 2.83. The Kier molecular flexibility index (Phi) is 7.44. The third-order valence-corrected chi connectivity index (χ3v) is 5.44. The second-order valence-corrected chi connectivity index (χ2v) is 8.99. The molecule has 0 aromatic heterocycles. The molecule has 1 N–H and O–H groups in total. The molecule has 1 aliphatic heterocycles. The number of hydrogen-bond donors (Lipinski definition) is 1. The summed E-state index contributed by atoms with van der Waals surface area (Å²) in [5.41, 5.74) is 1.16. The topological polar surface area (TPSA) is 40.1 Å². The predicted octanol–water partition coefficient (Wildman–Crippen LogP) is 2.53. The smallest absolute Gasteiger partial charge is 0.193 e. The van der Waals surface area contributed by atoms with Gasteiger partial charge in [0.2, 0.25) is 0 Å². The minimum atomic E-state index is 0.267. The lowest BCUT2D eigenvalue weighted by molar-refractivity contribution is 0.259. The summed E-state index contributed by atoms with van der Waals surface area (Å²) in [4.78, 5) is 8.96. The molecular weight excluding hydrogens is 332 g/mol. The van der Waals surface area contributed by atoms with Crippen LogP contribution in [-0.4, -0.2) is 73.6 Å². The summed E-state index contributed by atoms with van der Waals surface area (Å²) in [5.74, 6) is 3.05. The SMILES string of the molecule is CN=C(NCc1ccccc1OCCN(C)C)N1CCSC(C)(C)C1. The molecule has 25 heavy (non-hydrogen) atoms. The molecule has 1 aliphatic rings. The van der Waals surface area contributed by atoms with Crippen LogP contribution in [0.25, 0.3) is 0 Å². The van der Waals surface area contributed by atoms with Gasteiger partial charge in [-0.1, -0.05) is 18.2 Å². The van der Waals surface area contributed by atoms with Crippen LogP contribution >= 0.6 is 11.8 Å². The van der Waals surface area contributed by atoms with E-state index in [1.165, 1.54) is 0 Å². The quantitative estimate of drug-likeness (QED) is 0.620. The first-order valence-electron chi connectivity index (χ1n) is 8.86. The van der Waals surface area contributed by atoms with Gasteiger partial charge in [0.25, 0.3) is 0 Å². The monoisotopic (exact) mass is 364 g/mol. The zero-order valence-electron chi connectivity index (χ0n) is 16.2. The first kappa shape index (κ1) is 19.9. The Hall–Kier alpha value is -1.40. The fourth-order valence-corrected chi connectivity index (χ4v) is 3.94. The molecule has 140 valence electrons. The van der Waals surface area contributed by atoms with Crippen LogP contribution in [0.15, 0.2) is 29.3 Å². The molecule has 0 spiro atoms. The Balaban J connectivity index is 1.95. The van der Waals surface area contributed by atoms with E-state index in [2.05, 4.69) is 60.2 Å². The number of rotatable bonds is 6. The van der Waals surface area contributed by atoms with E-state index in [-0.39, 0.29) is 4.75 Å². The highest BCUT2D eigenvalue weighted by molar-refractivity contribution is 8.00. The maximum absolute atomic E-state index is 5.95. The maximum Gasteiger partial charge on any atom is 0.193 e. The van der Waals surface area contributed by atoms with Gasteiger partial charge >= 0.3 is 0 Å². The van der Waals surface area contributed by atoms with Crippen molar-refractivity contribution in [3.63, 3.8) is 0 Å². The van der Waals surface area contributed by atoms with Gasteiger partial charge in [-0.2, -0.15) is 11.8 Å². The van der Waals surface area contributed by atoms with Crippen LogP contribution in [0, 0.1) is 0 Å². The van der Waals surface area contributed by atoms with Crippen LogP contribution in [0.5, 0.6) is 5.75 Å². The zero-order valence-corrected chi connectivity index (χ0v) is 17.0. The summed E-state index contributed by atoms with van der Waals surface area (Å²) in [6, 6.07) is 8.23. The normalized spacial score (nSPS) is 17.7. The number of para-hydroxylation sites is 1. The average molecular weight is 365 g/mol. The van der Waals surface area contributed by atoms with Crippen LogP contribution in [0.4, 0.5) is 0 Å². The second-order valence-electron chi connectivity index (χ2n) is 7.19. The Labute approximate surface area is 156 Å². The number of aliphatic imine (C=N–C) groups is 1. The van der Waals surface area contributed by atoms with Crippen molar-refractivity contribution >= 4 is 17.7 Å². The summed E-state index contributed by atoms with van der Waals surface area (Å²) in [5, 5.41) is 3.51. The Morgan fingerprint density at radius 1 is 1.36 bits per heavy atom. The number of ether oxygens (including phenoxy) is 1. The molecule has 0 aliphatic carbocycles. The number of benzene rings is 1. The molecule has 5 nitrogen and oxygen atoms in total. The summed E-state index contributed by atoms with van der Waals surface area (Å²) < 4.78 is 6.22. The Morgan fingerprint density at radius 2 is 2.12 bits per heavy atom. The van der Waals surface area contributed by atoms with E-state index < -0.39 is 0 Å². The van der Waals surface area contributed by atoms with E-state index in [1.54, 1.807) is 0 Å². The molecule has 0 unspecified atom stereocenters. The van der Waals surface area contributed by atoms with Gasteiger partial charge in [-0.3, -0.25) is 4.99 Å². The van der Waals surface area contributed by atoms with Crippen molar-refractivity contribution in [1.82, 2.24) is 15.1 Å². The molecule has 1 saturated heterocycles. The van der Waals surface area contributed by atoms with Gasteiger partial charge in [0.05, 0.1) is 0 Å². The molecule has 1 heterocycles. The van der Waals surface area contributed by atoms with Crippen LogP contribution in [0.2, 0.25) is 0 Å². The Morgan fingerprint density at radius 3 is 2.80 bits per heavy atom. The molecule has 0 saturated carbocycles. The number of likely N-dealkylation sites (N-methyl/N-ethyl adjacent to an activating group) is 1. The van der Waals surface area contributed by atoms with Gasteiger partial charge in [0, 0.05) is 49.3 Å². The molecule has 0 radical (unpaired) electrons. The molecule has 0 bridgehead atoms. The number of nitrogens with zero attached hydrogens (tertiary/aromatic N) is 3. The molecular formula is C19H32N4OS. The van der Waals surface area contributed by atoms with Crippen LogP contribution in [0.1, 0.15) is 19.4 Å². The zero-order chi connectivity index (χ0) is 18.3. The summed E-state index contributed by atoms with van der Waals surface area (Å²) in [6.45, 7) is 8.96. The van der Waals surface area contributed by atoms with Crippen molar-refractivity contribution in [2.24, 2.45) is 4.99 Å². The van der Waals surface area contributed by atoms with Crippen LogP contribution < -0.4 is 10.1 Å². The van der Waals surface area contributed by atoms with Gasteiger partial charge in [-0.15, -0.1) is 0 Å². The molecule has 2 rings (SSSR count). The molecule has 0 atom stereocenters. The van der Waals surface area contributed by atoms with E-state index in [0.717, 1.165) is 49.2 Å².